The standard InChI is InChI=1S/C18H31N3/c1-6-17-9-16(11-19-7-2)10-18(20-17)21-12-13(3)8-14(4)15(21)5/h9-10,13-15,19H,6-8,11-12H2,1-5H3. The summed E-state index contributed by atoms with van der Waals surface area (Å²) < 4.78 is 0. The first-order valence-electron chi connectivity index (χ1n) is 8.52. The van der Waals surface area contributed by atoms with Crippen molar-refractivity contribution in [3.8, 4) is 0 Å². The van der Waals surface area contributed by atoms with Crippen LogP contribution in [0.2, 0.25) is 0 Å². The summed E-state index contributed by atoms with van der Waals surface area (Å²) in [5.74, 6) is 2.66. The fraction of sp³-hybridized carbons (Fsp3) is 0.722. The monoisotopic (exact) mass is 289 g/mol. The molecule has 1 fully saturated rings. The van der Waals surface area contributed by atoms with Crippen LogP contribution in [0.25, 0.3) is 0 Å². The lowest BCUT2D eigenvalue weighted by molar-refractivity contribution is 0.295. The summed E-state index contributed by atoms with van der Waals surface area (Å²) in [7, 11) is 0. The van der Waals surface area contributed by atoms with Crippen LogP contribution in [0.3, 0.4) is 0 Å². The van der Waals surface area contributed by atoms with E-state index >= 15 is 0 Å². The number of rotatable bonds is 5. The van der Waals surface area contributed by atoms with E-state index in [9.17, 15) is 0 Å². The summed E-state index contributed by atoms with van der Waals surface area (Å²) in [6.07, 6.45) is 2.33. The Labute approximate surface area is 130 Å². The highest BCUT2D eigenvalue weighted by atomic mass is 15.2. The normalized spacial score (nSPS) is 26.1. The van der Waals surface area contributed by atoms with Gasteiger partial charge in [0, 0.05) is 24.8 Å². The summed E-state index contributed by atoms with van der Waals surface area (Å²) >= 11 is 0. The second-order valence-electron chi connectivity index (χ2n) is 6.67. The highest BCUT2D eigenvalue weighted by Gasteiger charge is 2.29. The molecule has 118 valence electrons. The van der Waals surface area contributed by atoms with Crippen LogP contribution in [0.5, 0.6) is 0 Å². The summed E-state index contributed by atoms with van der Waals surface area (Å²) in [4.78, 5) is 7.42. The molecule has 3 atom stereocenters. The van der Waals surface area contributed by atoms with Crippen molar-refractivity contribution in [3.63, 3.8) is 0 Å². The molecule has 3 nitrogen and oxygen atoms in total. The first kappa shape index (κ1) is 16.3. The van der Waals surface area contributed by atoms with Crippen molar-refractivity contribution in [1.82, 2.24) is 10.3 Å². The van der Waals surface area contributed by atoms with Crippen LogP contribution in [-0.2, 0) is 13.0 Å². The molecule has 0 spiro atoms. The summed E-state index contributed by atoms with van der Waals surface area (Å²) in [5, 5.41) is 3.43. The Morgan fingerprint density at radius 2 is 2.00 bits per heavy atom. The van der Waals surface area contributed by atoms with Crippen LogP contribution in [0, 0.1) is 11.8 Å². The topological polar surface area (TPSA) is 28.2 Å². The van der Waals surface area contributed by atoms with E-state index in [4.69, 9.17) is 4.98 Å². The molecule has 21 heavy (non-hydrogen) atoms. The maximum atomic E-state index is 4.90. The number of aryl methyl sites for hydroxylation is 1. The Bertz CT molecular complexity index is 458. The molecule has 1 aliphatic rings. The molecular formula is C18H31N3. The molecule has 1 aromatic rings. The molecule has 2 rings (SSSR count). The van der Waals surface area contributed by atoms with Crippen molar-refractivity contribution in [3.05, 3.63) is 23.4 Å². The van der Waals surface area contributed by atoms with Crippen molar-refractivity contribution in [2.45, 2.75) is 60.0 Å². The Morgan fingerprint density at radius 3 is 2.67 bits per heavy atom. The fourth-order valence-electron chi connectivity index (χ4n) is 3.35. The minimum atomic E-state index is 0.577. The summed E-state index contributed by atoms with van der Waals surface area (Å²) in [6, 6.07) is 5.10. The second-order valence-corrected chi connectivity index (χ2v) is 6.67. The largest absolute Gasteiger partial charge is 0.353 e. The SMILES string of the molecule is CCNCc1cc(CC)nc(N2CC(C)CC(C)C2C)c1. The number of anilines is 1. The van der Waals surface area contributed by atoms with Gasteiger partial charge in [-0.3, -0.25) is 0 Å². The average molecular weight is 289 g/mol. The van der Waals surface area contributed by atoms with Crippen molar-refractivity contribution < 1.29 is 0 Å². The maximum Gasteiger partial charge on any atom is 0.129 e. The van der Waals surface area contributed by atoms with Gasteiger partial charge in [-0.2, -0.15) is 0 Å². The smallest absolute Gasteiger partial charge is 0.129 e. The molecule has 0 amide bonds. The number of hydrogen-bond acceptors (Lipinski definition) is 3. The van der Waals surface area contributed by atoms with E-state index in [0.717, 1.165) is 37.9 Å². The van der Waals surface area contributed by atoms with Gasteiger partial charge in [0.25, 0.3) is 0 Å². The van der Waals surface area contributed by atoms with Crippen molar-refractivity contribution in [2.24, 2.45) is 11.8 Å². The number of aromatic nitrogens is 1. The number of piperidine rings is 1. The molecule has 1 aliphatic heterocycles. The van der Waals surface area contributed by atoms with E-state index in [1.807, 2.05) is 0 Å². The highest BCUT2D eigenvalue weighted by molar-refractivity contribution is 5.44. The molecule has 1 N–H and O–H groups in total. The molecular weight excluding hydrogens is 258 g/mol. The maximum absolute atomic E-state index is 4.90. The van der Waals surface area contributed by atoms with Crippen LogP contribution < -0.4 is 10.2 Å². The lowest BCUT2D eigenvalue weighted by atomic mass is 9.86. The van der Waals surface area contributed by atoms with Gasteiger partial charge in [0.1, 0.15) is 5.82 Å². The number of nitrogens with one attached hydrogen (secondary N) is 1. The zero-order valence-corrected chi connectivity index (χ0v) is 14.3. The average Bonchev–Trinajstić information content (AvgIpc) is 2.48. The summed E-state index contributed by atoms with van der Waals surface area (Å²) in [5.41, 5.74) is 2.57. The van der Waals surface area contributed by atoms with Gasteiger partial charge in [-0.15, -0.1) is 0 Å². The Kier molecular flexibility index (Phi) is 5.63. The lowest BCUT2D eigenvalue weighted by Gasteiger charge is -2.42. The van der Waals surface area contributed by atoms with Gasteiger partial charge in [-0.25, -0.2) is 4.98 Å². The fourth-order valence-corrected chi connectivity index (χ4v) is 3.35. The number of hydrogen-bond donors (Lipinski definition) is 1. The van der Waals surface area contributed by atoms with Crippen LogP contribution in [0.4, 0.5) is 5.82 Å². The highest BCUT2D eigenvalue weighted by Crippen LogP contribution is 2.31. The van der Waals surface area contributed by atoms with E-state index < -0.39 is 0 Å². The van der Waals surface area contributed by atoms with Crippen molar-refractivity contribution in [1.29, 1.82) is 0 Å². The first-order valence-corrected chi connectivity index (χ1v) is 8.52. The van der Waals surface area contributed by atoms with Crippen LogP contribution in [-0.4, -0.2) is 24.1 Å². The number of pyridine rings is 1. The minimum Gasteiger partial charge on any atom is -0.353 e. The third-order valence-electron chi connectivity index (χ3n) is 4.76. The zero-order valence-electron chi connectivity index (χ0n) is 14.3. The first-order chi connectivity index (χ1) is 10.0. The predicted octanol–water partition coefficient (Wildman–Crippen LogP) is 3.62. The summed E-state index contributed by atoms with van der Waals surface area (Å²) in [6.45, 7) is 14.5. The van der Waals surface area contributed by atoms with Crippen LogP contribution >= 0.6 is 0 Å². The molecule has 0 bridgehead atoms. The molecule has 0 radical (unpaired) electrons. The van der Waals surface area contributed by atoms with Gasteiger partial charge < -0.3 is 10.2 Å². The Morgan fingerprint density at radius 1 is 1.24 bits per heavy atom. The van der Waals surface area contributed by atoms with Gasteiger partial charge in [-0.05, 0) is 55.8 Å². The van der Waals surface area contributed by atoms with Gasteiger partial charge in [0.2, 0.25) is 0 Å². The van der Waals surface area contributed by atoms with Crippen LogP contribution in [0.15, 0.2) is 12.1 Å². The lowest BCUT2D eigenvalue weighted by Crippen LogP contribution is -2.46. The van der Waals surface area contributed by atoms with E-state index in [1.165, 1.54) is 23.5 Å². The second kappa shape index (κ2) is 7.26. The Balaban J connectivity index is 2.28. The zero-order chi connectivity index (χ0) is 15.4. The third kappa shape index (κ3) is 3.97. The van der Waals surface area contributed by atoms with Gasteiger partial charge in [-0.1, -0.05) is 27.7 Å². The predicted molar refractivity (Wildman–Crippen MR) is 90.7 cm³/mol. The molecule has 3 heteroatoms. The molecule has 2 heterocycles. The minimum absolute atomic E-state index is 0.577. The third-order valence-corrected chi connectivity index (χ3v) is 4.76. The molecule has 1 saturated heterocycles. The van der Waals surface area contributed by atoms with Gasteiger partial charge in [0.15, 0.2) is 0 Å². The molecule has 0 aromatic carbocycles. The molecule has 1 aromatic heterocycles. The Hall–Kier alpha value is -1.09. The van der Waals surface area contributed by atoms with E-state index in [1.54, 1.807) is 0 Å². The molecule has 0 aliphatic carbocycles. The van der Waals surface area contributed by atoms with Crippen molar-refractivity contribution >= 4 is 5.82 Å². The molecule has 0 saturated carbocycles. The van der Waals surface area contributed by atoms with Crippen LogP contribution in [0.1, 0.15) is 52.3 Å². The molecule has 3 unspecified atom stereocenters. The van der Waals surface area contributed by atoms with E-state index in [-0.39, 0.29) is 0 Å². The van der Waals surface area contributed by atoms with Gasteiger partial charge >= 0.3 is 0 Å². The van der Waals surface area contributed by atoms with E-state index in [2.05, 4.69) is 57.0 Å². The van der Waals surface area contributed by atoms with Gasteiger partial charge in [0.05, 0.1) is 0 Å². The van der Waals surface area contributed by atoms with Crippen molar-refractivity contribution in [2.75, 3.05) is 18.0 Å². The quantitative estimate of drug-likeness (QED) is 0.897. The van der Waals surface area contributed by atoms with E-state index in [0.29, 0.717) is 6.04 Å². The number of nitrogens with zero attached hydrogens (tertiary/aromatic N) is 2.